The number of carbonyl (C=O) groups is 1. The Morgan fingerprint density at radius 2 is 1.79 bits per heavy atom. The van der Waals surface area contributed by atoms with Crippen LogP contribution in [-0.2, 0) is 17.8 Å². The summed E-state index contributed by atoms with van der Waals surface area (Å²) >= 11 is 0. The summed E-state index contributed by atoms with van der Waals surface area (Å²) < 4.78 is 8.29. The fourth-order valence-corrected chi connectivity index (χ4v) is 3.94. The monoisotopic (exact) mass is 453 g/mol. The molecule has 0 atom stereocenters. The summed E-state index contributed by atoms with van der Waals surface area (Å²) in [6.45, 7) is 6.16. The lowest BCUT2D eigenvalue weighted by atomic mass is 10.1. The van der Waals surface area contributed by atoms with E-state index in [2.05, 4.69) is 35.9 Å². The zero-order chi connectivity index (χ0) is 23.8. The van der Waals surface area contributed by atoms with Crippen molar-refractivity contribution < 1.29 is 9.53 Å². The molecule has 4 aromatic rings. The maximum absolute atomic E-state index is 12.2. The van der Waals surface area contributed by atoms with Gasteiger partial charge in [-0.3, -0.25) is 4.79 Å². The molecule has 0 radical (unpaired) electrons. The summed E-state index contributed by atoms with van der Waals surface area (Å²) in [6.07, 6.45) is 4.92. The minimum absolute atomic E-state index is 0.103. The maximum atomic E-state index is 12.2. The van der Waals surface area contributed by atoms with E-state index in [9.17, 15) is 4.79 Å². The molecule has 0 unspecified atom stereocenters. The first-order valence-electron chi connectivity index (χ1n) is 11.8. The van der Waals surface area contributed by atoms with Crippen LogP contribution in [0.5, 0.6) is 5.75 Å². The van der Waals surface area contributed by atoms with Crippen LogP contribution in [0, 0.1) is 13.8 Å². The lowest BCUT2D eigenvalue weighted by Crippen LogP contribution is -2.24. The van der Waals surface area contributed by atoms with Gasteiger partial charge in [0, 0.05) is 25.6 Å². The molecule has 1 amide bonds. The van der Waals surface area contributed by atoms with E-state index in [1.807, 2.05) is 66.7 Å². The molecule has 3 aromatic carbocycles. The van der Waals surface area contributed by atoms with Gasteiger partial charge < -0.3 is 14.6 Å². The smallest absolute Gasteiger partial charge is 0.244 e. The van der Waals surface area contributed by atoms with E-state index >= 15 is 0 Å². The Balaban J connectivity index is 1.34. The summed E-state index contributed by atoms with van der Waals surface area (Å²) in [5.74, 6) is 1.82. The zero-order valence-corrected chi connectivity index (χ0v) is 19.8. The fraction of sp³-hybridized carbons (Fsp3) is 0.241. The number of nitrogens with one attached hydrogen (secondary N) is 1. The van der Waals surface area contributed by atoms with Gasteiger partial charge in [0.15, 0.2) is 0 Å². The van der Waals surface area contributed by atoms with Crippen molar-refractivity contribution in [3.05, 3.63) is 101 Å². The number of carbonyl (C=O) groups excluding carboxylic acids is 1. The molecule has 1 aromatic heterocycles. The molecule has 0 aliphatic heterocycles. The highest BCUT2D eigenvalue weighted by Gasteiger charge is 2.11. The second-order valence-corrected chi connectivity index (χ2v) is 8.35. The van der Waals surface area contributed by atoms with Crippen LogP contribution in [0.25, 0.3) is 17.1 Å². The first-order chi connectivity index (χ1) is 16.6. The molecule has 5 heteroatoms. The topological polar surface area (TPSA) is 56.1 Å². The molecular formula is C29H31N3O2. The van der Waals surface area contributed by atoms with E-state index in [1.54, 1.807) is 6.08 Å². The van der Waals surface area contributed by atoms with Crippen molar-refractivity contribution >= 4 is 23.0 Å². The molecule has 174 valence electrons. The number of ether oxygens (including phenoxy) is 1. The lowest BCUT2D eigenvalue weighted by Gasteiger charge is -2.13. The van der Waals surface area contributed by atoms with Crippen molar-refractivity contribution in [3.8, 4) is 5.75 Å². The average Bonchev–Trinajstić information content (AvgIpc) is 3.21. The summed E-state index contributed by atoms with van der Waals surface area (Å²) in [5, 5.41) is 2.97. The van der Waals surface area contributed by atoms with Crippen LogP contribution >= 0.6 is 0 Å². The van der Waals surface area contributed by atoms with E-state index in [0.717, 1.165) is 41.1 Å². The Kier molecular flexibility index (Phi) is 7.76. The third-order valence-electron chi connectivity index (χ3n) is 5.95. The number of amides is 1. The number of benzene rings is 3. The van der Waals surface area contributed by atoms with Gasteiger partial charge in [-0.05, 0) is 61.2 Å². The highest BCUT2D eigenvalue weighted by molar-refractivity contribution is 5.91. The predicted octanol–water partition coefficient (Wildman–Crippen LogP) is 5.49. The van der Waals surface area contributed by atoms with Crippen LogP contribution in [0.4, 0.5) is 0 Å². The second kappa shape index (κ2) is 11.3. The minimum atomic E-state index is -0.103. The van der Waals surface area contributed by atoms with Crippen molar-refractivity contribution in [1.29, 1.82) is 0 Å². The van der Waals surface area contributed by atoms with Crippen LogP contribution in [0.3, 0.4) is 0 Å². The van der Waals surface area contributed by atoms with Crippen LogP contribution < -0.4 is 10.1 Å². The summed E-state index contributed by atoms with van der Waals surface area (Å²) in [7, 11) is 0. The number of aromatic nitrogens is 2. The van der Waals surface area contributed by atoms with Crippen LogP contribution in [0.2, 0.25) is 0 Å². The van der Waals surface area contributed by atoms with E-state index in [0.29, 0.717) is 19.6 Å². The molecule has 0 aliphatic carbocycles. The van der Waals surface area contributed by atoms with Crippen molar-refractivity contribution in [1.82, 2.24) is 14.9 Å². The Labute approximate surface area is 201 Å². The van der Waals surface area contributed by atoms with Crippen molar-refractivity contribution in [2.24, 2.45) is 0 Å². The number of imidazole rings is 1. The van der Waals surface area contributed by atoms with Gasteiger partial charge in [-0.15, -0.1) is 0 Å². The van der Waals surface area contributed by atoms with Crippen LogP contribution in [0.1, 0.15) is 28.9 Å². The second-order valence-electron chi connectivity index (χ2n) is 8.35. The third kappa shape index (κ3) is 5.93. The molecular weight excluding hydrogens is 422 g/mol. The van der Waals surface area contributed by atoms with E-state index < -0.39 is 0 Å². The van der Waals surface area contributed by atoms with Gasteiger partial charge in [-0.25, -0.2) is 4.98 Å². The van der Waals surface area contributed by atoms with Gasteiger partial charge in [0.2, 0.25) is 5.91 Å². The Morgan fingerprint density at radius 1 is 1.00 bits per heavy atom. The van der Waals surface area contributed by atoms with Gasteiger partial charge in [-0.2, -0.15) is 0 Å². The molecule has 5 nitrogen and oxygen atoms in total. The molecule has 0 aliphatic rings. The molecule has 0 saturated carbocycles. The van der Waals surface area contributed by atoms with Crippen molar-refractivity contribution in [2.45, 2.75) is 33.2 Å². The first-order valence-corrected chi connectivity index (χ1v) is 11.8. The molecule has 0 saturated heterocycles. The van der Waals surface area contributed by atoms with Gasteiger partial charge in [0.05, 0.1) is 17.6 Å². The predicted molar refractivity (Wildman–Crippen MR) is 138 cm³/mol. The van der Waals surface area contributed by atoms with Gasteiger partial charge in [0.25, 0.3) is 0 Å². The van der Waals surface area contributed by atoms with E-state index in [4.69, 9.17) is 9.72 Å². The summed E-state index contributed by atoms with van der Waals surface area (Å²) in [5.41, 5.74) is 5.51. The molecule has 0 fully saturated rings. The normalized spacial score (nSPS) is 11.2. The highest BCUT2D eigenvalue weighted by Crippen LogP contribution is 2.21. The number of hydrogen-bond acceptors (Lipinski definition) is 3. The average molecular weight is 454 g/mol. The Hall–Kier alpha value is -3.86. The van der Waals surface area contributed by atoms with Crippen LogP contribution in [-0.4, -0.2) is 28.6 Å². The van der Waals surface area contributed by atoms with E-state index in [-0.39, 0.29) is 5.91 Å². The fourth-order valence-electron chi connectivity index (χ4n) is 3.94. The number of fused-ring (bicyclic) bond motifs is 1. The van der Waals surface area contributed by atoms with Gasteiger partial charge >= 0.3 is 0 Å². The molecule has 0 bridgehead atoms. The highest BCUT2D eigenvalue weighted by atomic mass is 16.5. The molecule has 1 N–H and O–H groups in total. The first kappa shape index (κ1) is 23.3. The molecule has 1 heterocycles. The van der Waals surface area contributed by atoms with Gasteiger partial charge in [0.1, 0.15) is 11.6 Å². The lowest BCUT2D eigenvalue weighted by molar-refractivity contribution is -0.116. The standard InChI is InChI=1S/C29H31N3O2/c1-22-10-8-15-27(23(22)2)34-21-9-20-32-26-14-7-6-13-25(26)31-28(32)18-19-30-29(33)17-16-24-11-4-3-5-12-24/h3-8,10-17H,9,18-21H2,1-2H3,(H,30,33)/b17-16+. The SMILES string of the molecule is Cc1cccc(OCCCn2c(CCNC(=O)/C=C/c3ccccc3)nc3ccccc32)c1C. The number of aryl methyl sites for hydroxylation is 2. The molecule has 4 rings (SSSR count). The van der Waals surface area contributed by atoms with Crippen molar-refractivity contribution in [2.75, 3.05) is 13.2 Å². The van der Waals surface area contributed by atoms with Gasteiger partial charge in [-0.1, -0.05) is 54.6 Å². The third-order valence-corrected chi connectivity index (χ3v) is 5.95. The van der Waals surface area contributed by atoms with Crippen molar-refractivity contribution in [3.63, 3.8) is 0 Å². The molecule has 34 heavy (non-hydrogen) atoms. The number of para-hydroxylation sites is 2. The van der Waals surface area contributed by atoms with Crippen LogP contribution in [0.15, 0.2) is 78.9 Å². The number of rotatable bonds is 10. The number of hydrogen-bond donors (Lipinski definition) is 1. The van der Waals surface area contributed by atoms with E-state index in [1.165, 1.54) is 11.1 Å². The Bertz CT molecular complexity index is 1280. The Morgan fingerprint density at radius 3 is 2.65 bits per heavy atom. The maximum Gasteiger partial charge on any atom is 0.244 e. The largest absolute Gasteiger partial charge is 0.493 e. The minimum Gasteiger partial charge on any atom is -0.493 e. The quantitative estimate of drug-likeness (QED) is 0.255. The number of nitrogens with zero attached hydrogens (tertiary/aromatic N) is 2. The molecule has 0 spiro atoms. The zero-order valence-electron chi connectivity index (χ0n) is 19.8. The summed E-state index contributed by atoms with van der Waals surface area (Å²) in [4.78, 5) is 17.0. The summed E-state index contributed by atoms with van der Waals surface area (Å²) in [6, 6.07) is 24.1.